The lowest BCUT2D eigenvalue weighted by Gasteiger charge is -2.11. The number of benzene rings is 1. The molecule has 0 unspecified atom stereocenters. The zero-order valence-corrected chi connectivity index (χ0v) is 11.4. The maximum atomic E-state index is 6.25. The van der Waals surface area contributed by atoms with Gasteiger partial charge in [0.2, 0.25) is 0 Å². The van der Waals surface area contributed by atoms with Crippen molar-refractivity contribution >= 4 is 22.5 Å². The zero-order chi connectivity index (χ0) is 12.4. The molecule has 2 aromatic rings. The largest absolute Gasteiger partial charge is 0.236 e. The van der Waals surface area contributed by atoms with Crippen LogP contribution in [-0.2, 0) is 6.42 Å². The van der Waals surface area contributed by atoms with Gasteiger partial charge in [-0.1, -0.05) is 57.0 Å². The second kappa shape index (κ2) is 5.05. The first-order chi connectivity index (χ1) is 8.13. The molecular weight excluding hydrogens is 230 g/mol. The van der Waals surface area contributed by atoms with Gasteiger partial charge in [-0.25, -0.2) is 4.98 Å². The fourth-order valence-corrected chi connectivity index (χ4v) is 2.39. The first-order valence-electron chi connectivity index (χ1n) is 6.21. The molecule has 1 nitrogen and oxygen atoms in total. The fourth-order valence-electron chi connectivity index (χ4n) is 2.15. The molecule has 0 N–H and O–H groups in total. The van der Waals surface area contributed by atoms with Gasteiger partial charge in [0.15, 0.2) is 0 Å². The van der Waals surface area contributed by atoms with Crippen LogP contribution in [0.5, 0.6) is 0 Å². The highest BCUT2D eigenvalue weighted by Gasteiger charge is 2.09. The molecule has 90 valence electrons. The van der Waals surface area contributed by atoms with Gasteiger partial charge >= 0.3 is 0 Å². The van der Waals surface area contributed by atoms with Crippen LogP contribution in [-0.4, -0.2) is 4.98 Å². The van der Waals surface area contributed by atoms with Gasteiger partial charge in [-0.15, -0.1) is 0 Å². The van der Waals surface area contributed by atoms with Gasteiger partial charge in [0.05, 0.1) is 5.52 Å². The molecule has 0 radical (unpaired) electrons. The van der Waals surface area contributed by atoms with Crippen molar-refractivity contribution in [3.63, 3.8) is 0 Å². The Bertz CT molecular complexity index is 532. The van der Waals surface area contributed by atoms with Crippen LogP contribution in [0.4, 0.5) is 0 Å². The van der Waals surface area contributed by atoms with E-state index in [1.54, 1.807) is 0 Å². The second-order valence-corrected chi connectivity index (χ2v) is 5.12. The normalized spacial score (nSPS) is 11.4. The first-order valence-corrected chi connectivity index (χ1v) is 6.59. The smallest absolute Gasteiger partial charge is 0.132 e. The van der Waals surface area contributed by atoms with E-state index in [1.165, 1.54) is 10.9 Å². The monoisotopic (exact) mass is 247 g/mol. The molecule has 0 aliphatic rings. The summed E-state index contributed by atoms with van der Waals surface area (Å²) in [5.41, 5.74) is 3.47. The Morgan fingerprint density at radius 1 is 1.29 bits per heavy atom. The minimum absolute atomic E-state index is 0.472. The predicted octanol–water partition coefficient (Wildman–Crippen LogP) is 4.96. The zero-order valence-electron chi connectivity index (χ0n) is 10.6. The number of pyridine rings is 1. The van der Waals surface area contributed by atoms with Crippen molar-refractivity contribution in [1.82, 2.24) is 4.98 Å². The number of nitrogens with zero attached hydrogens (tertiary/aromatic N) is 1. The number of hydrogen-bond donors (Lipinski definition) is 0. The summed E-state index contributed by atoms with van der Waals surface area (Å²) in [5, 5.41) is 1.86. The Kier molecular flexibility index (Phi) is 3.68. The van der Waals surface area contributed by atoms with Crippen LogP contribution in [0.25, 0.3) is 10.9 Å². The number of fused-ring (bicyclic) bond motifs is 1. The van der Waals surface area contributed by atoms with Crippen molar-refractivity contribution in [1.29, 1.82) is 0 Å². The molecule has 0 bridgehead atoms. The number of hydrogen-bond acceptors (Lipinski definition) is 1. The lowest BCUT2D eigenvalue weighted by atomic mass is 9.98. The summed E-state index contributed by atoms with van der Waals surface area (Å²) in [7, 11) is 0. The molecule has 0 saturated carbocycles. The molecular formula is C15H18ClN. The summed E-state index contributed by atoms with van der Waals surface area (Å²) >= 11 is 6.25. The van der Waals surface area contributed by atoms with E-state index in [0.717, 1.165) is 23.9 Å². The van der Waals surface area contributed by atoms with Crippen molar-refractivity contribution in [2.75, 3.05) is 0 Å². The van der Waals surface area contributed by atoms with Crippen LogP contribution in [0, 0.1) is 0 Å². The van der Waals surface area contributed by atoms with Gasteiger partial charge in [0.25, 0.3) is 0 Å². The molecule has 0 amide bonds. The molecule has 1 aromatic carbocycles. The molecule has 1 aromatic heterocycles. The average Bonchev–Trinajstić information content (AvgIpc) is 2.29. The van der Waals surface area contributed by atoms with Crippen LogP contribution in [0.15, 0.2) is 24.3 Å². The average molecular weight is 248 g/mol. The van der Waals surface area contributed by atoms with Crippen molar-refractivity contribution in [3.05, 3.63) is 40.5 Å². The molecule has 17 heavy (non-hydrogen) atoms. The van der Waals surface area contributed by atoms with E-state index >= 15 is 0 Å². The van der Waals surface area contributed by atoms with Crippen LogP contribution >= 0.6 is 11.6 Å². The summed E-state index contributed by atoms with van der Waals surface area (Å²) in [6.45, 7) is 6.53. The summed E-state index contributed by atoms with van der Waals surface area (Å²) in [5.74, 6) is 0.472. The van der Waals surface area contributed by atoms with Gasteiger partial charge in [-0.05, 0) is 29.5 Å². The molecule has 0 fully saturated rings. The molecule has 0 aliphatic heterocycles. The molecule has 2 rings (SSSR count). The molecule has 2 heteroatoms. The Balaban J connectivity index is 2.64. The summed E-state index contributed by atoms with van der Waals surface area (Å²) in [6.07, 6.45) is 2.09. The number of aromatic nitrogens is 1. The van der Waals surface area contributed by atoms with Crippen LogP contribution < -0.4 is 0 Å². The highest BCUT2D eigenvalue weighted by molar-refractivity contribution is 6.30. The lowest BCUT2D eigenvalue weighted by molar-refractivity contribution is 0.871. The summed E-state index contributed by atoms with van der Waals surface area (Å²) in [4.78, 5) is 4.58. The third kappa shape index (κ3) is 2.44. The van der Waals surface area contributed by atoms with Crippen LogP contribution in [0.1, 0.15) is 44.2 Å². The first kappa shape index (κ1) is 12.4. The summed E-state index contributed by atoms with van der Waals surface area (Å²) < 4.78 is 0. The van der Waals surface area contributed by atoms with Crippen LogP contribution in [0.3, 0.4) is 0 Å². The van der Waals surface area contributed by atoms with Crippen LogP contribution in [0.2, 0.25) is 5.15 Å². The predicted molar refractivity (Wildman–Crippen MR) is 74.8 cm³/mol. The topological polar surface area (TPSA) is 12.9 Å². The SMILES string of the molecule is CCCc1cc2cccc(C(C)C)c2nc1Cl. The van der Waals surface area contributed by atoms with Gasteiger partial charge < -0.3 is 0 Å². The summed E-state index contributed by atoms with van der Waals surface area (Å²) in [6, 6.07) is 8.53. The Labute approximate surface area is 108 Å². The number of rotatable bonds is 3. The Morgan fingerprint density at radius 3 is 2.71 bits per heavy atom. The Morgan fingerprint density at radius 2 is 2.06 bits per heavy atom. The lowest BCUT2D eigenvalue weighted by Crippen LogP contribution is -1.95. The van der Waals surface area contributed by atoms with E-state index in [-0.39, 0.29) is 0 Å². The highest BCUT2D eigenvalue weighted by atomic mass is 35.5. The van der Waals surface area contributed by atoms with Gasteiger partial charge in [-0.3, -0.25) is 0 Å². The van der Waals surface area contributed by atoms with Crippen molar-refractivity contribution < 1.29 is 0 Å². The molecule has 0 saturated heterocycles. The molecule has 0 atom stereocenters. The van der Waals surface area contributed by atoms with Gasteiger partial charge in [0, 0.05) is 5.39 Å². The number of halogens is 1. The minimum Gasteiger partial charge on any atom is -0.236 e. The third-order valence-electron chi connectivity index (χ3n) is 3.04. The number of para-hydroxylation sites is 1. The van der Waals surface area contributed by atoms with E-state index < -0.39 is 0 Å². The van der Waals surface area contributed by atoms with Gasteiger partial charge in [-0.2, -0.15) is 0 Å². The second-order valence-electron chi connectivity index (χ2n) is 4.76. The highest BCUT2D eigenvalue weighted by Crippen LogP contribution is 2.27. The van der Waals surface area contributed by atoms with E-state index in [9.17, 15) is 0 Å². The van der Waals surface area contributed by atoms with E-state index in [0.29, 0.717) is 11.1 Å². The molecule has 0 spiro atoms. The third-order valence-corrected chi connectivity index (χ3v) is 3.37. The van der Waals surface area contributed by atoms with Crippen molar-refractivity contribution in [2.45, 2.75) is 39.5 Å². The molecule has 1 heterocycles. The Hall–Kier alpha value is -1.08. The molecule has 0 aliphatic carbocycles. The fraction of sp³-hybridized carbons (Fsp3) is 0.400. The number of aryl methyl sites for hydroxylation is 1. The van der Waals surface area contributed by atoms with Crippen molar-refractivity contribution in [3.8, 4) is 0 Å². The van der Waals surface area contributed by atoms with E-state index in [4.69, 9.17) is 11.6 Å². The van der Waals surface area contributed by atoms with Gasteiger partial charge in [0.1, 0.15) is 5.15 Å². The van der Waals surface area contributed by atoms with E-state index in [2.05, 4.69) is 50.0 Å². The standard InChI is InChI=1S/C15H18ClN/c1-4-6-12-9-11-7-5-8-13(10(2)3)14(11)17-15(12)16/h5,7-10H,4,6H2,1-3H3. The minimum atomic E-state index is 0.472. The van der Waals surface area contributed by atoms with E-state index in [1.807, 2.05) is 0 Å². The quantitative estimate of drug-likeness (QED) is 0.699. The maximum absolute atomic E-state index is 6.25. The van der Waals surface area contributed by atoms with Crippen molar-refractivity contribution in [2.24, 2.45) is 0 Å². The maximum Gasteiger partial charge on any atom is 0.132 e.